The fourth-order valence-electron chi connectivity index (χ4n) is 0.589. The molecule has 2 N–H and O–H groups in total. The van der Waals surface area contributed by atoms with Gasteiger partial charge in [-0.25, -0.2) is 0 Å². The molecule has 0 atom stereocenters. The van der Waals surface area contributed by atoms with Gasteiger partial charge in [0, 0.05) is 0 Å². The van der Waals surface area contributed by atoms with Crippen LogP contribution in [0.15, 0.2) is 49.6 Å². The van der Waals surface area contributed by atoms with E-state index in [-0.39, 0.29) is 31.0 Å². The first-order chi connectivity index (χ1) is 6.20. The summed E-state index contributed by atoms with van der Waals surface area (Å²) in [5.41, 5.74) is 5.71. The molecule has 0 aliphatic rings. The molecule has 0 saturated heterocycles. The van der Waals surface area contributed by atoms with Gasteiger partial charge in [-0.1, -0.05) is 49.6 Å². The number of primary amides is 1. The average molecular weight is 199 g/mol. The summed E-state index contributed by atoms with van der Waals surface area (Å²) in [7, 11) is 0. The average Bonchev–Trinajstić information content (AvgIpc) is 2.20. The summed E-state index contributed by atoms with van der Waals surface area (Å²) in [5.74, 6) is -0.481. The summed E-state index contributed by atoms with van der Waals surface area (Å²) in [6.45, 7) is 6.72. The molecule has 1 amide bonds. The third kappa shape index (κ3) is 9.26. The quantitative estimate of drug-likeness (QED) is 0.487. The smallest absolute Gasteiger partial charge is 1.00 e. The molecule has 14 heavy (non-hydrogen) atoms. The Morgan fingerprint density at radius 3 is 1.93 bits per heavy atom. The van der Waals surface area contributed by atoms with Gasteiger partial charge in [0.15, 0.2) is 0 Å². The van der Waals surface area contributed by atoms with Crippen LogP contribution < -0.4 is 35.3 Å². The molecular weight excluding hydrogens is 185 g/mol. The van der Waals surface area contributed by atoms with Gasteiger partial charge in [-0.05, 0) is 11.6 Å². The van der Waals surface area contributed by atoms with Gasteiger partial charge >= 0.3 is 29.6 Å². The van der Waals surface area contributed by atoms with Crippen molar-refractivity contribution in [2.75, 3.05) is 0 Å². The van der Waals surface area contributed by atoms with Gasteiger partial charge in [-0.2, -0.15) is 0 Å². The number of rotatable bonds is 2. The molecule has 0 unspecified atom stereocenters. The van der Waals surface area contributed by atoms with Crippen molar-refractivity contribution < 1.29 is 35.8 Å². The molecule has 3 heteroatoms. The normalized spacial score (nSPS) is 7.14. The molecule has 0 bridgehead atoms. The molecule has 1 rings (SSSR count). The minimum Gasteiger partial charge on any atom is -1.00 e. The molecule has 0 aromatic heterocycles. The molecule has 1 aromatic rings. The van der Waals surface area contributed by atoms with Gasteiger partial charge in [0.2, 0.25) is 5.91 Å². The first kappa shape index (κ1) is 15.6. The van der Waals surface area contributed by atoms with Crippen molar-refractivity contribution in [3.8, 4) is 0 Å². The number of benzene rings is 1. The Labute approximate surface area is 108 Å². The minimum absolute atomic E-state index is 0. The van der Waals surface area contributed by atoms with Crippen LogP contribution >= 0.6 is 0 Å². The SMILES string of the molecule is C=CC(N)=O.C=Cc1ccccc1.[H-].[Na+]. The van der Waals surface area contributed by atoms with Crippen molar-refractivity contribution in [2.24, 2.45) is 5.73 Å². The van der Waals surface area contributed by atoms with E-state index in [1.807, 2.05) is 36.4 Å². The van der Waals surface area contributed by atoms with Crippen LogP contribution in [0, 0.1) is 0 Å². The first-order valence-electron chi connectivity index (χ1n) is 3.80. The predicted molar refractivity (Wildman–Crippen MR) is 57.0 cm³/mol. The zero-order chi connectivity index (χ0) is 10.1. The Balaban J connectivity index is -0.000000185. The second-order valence-corrected chi connectivity index (χ2v) is 2.22. The van der Waals surface area contributed by atoms with E-state index in [1.165, 1.54) is 5.56 Å². The van der Waals surface area contributed by atoms with Crippen LogP contribution in [0.2, 0.25) is 0 Å². The van der Waals surface area contributed by atoms with Crippen LogP contribution in [-0.2, 0) is 4.79 Å². The molecule has 2 nitrogen and oxygen atoms in total. The third-order valence-corrected chi connectivity index (χ3v) is 1.24. The van der Waals surface area contributed by atoms with Gasteiger partial charge in [-0.15, -0.1) is 0 Å². The Morgan fingerprint density at radius 1 is 1.29 bits per heavy atom. The van der Waals surface area contributed by atoms with Gasteiger partial charge in [0.25, 0.3) is 0 Å². The summed E-state index contributed by atoms with van der Waals surface area (Å²) in [4.78, 5) is 9.47. The monoisotopic (exact) mass is 199 g/mol. The topological polar surface area (TPSA) is 43.1 Å². The molecule has 1 aromatic carbocycles. The van der Waals surface area contributed by atoms with E-state index in [4.69, 9.17) is 0 Å². The molecule has 0 spiro atoms. The van der Waals surface area contributed by atoms with Crippen LogP contribution in [-0.4, -0.2) is 5.91 Å². The van der Waals surface area contributed by atoms with E-state index in [9.17, 15) is 4.79 Å². The number of hydrogen-bond donors (Lipinski definition) is 1. The van der Waals surface area contributed by atoms with E-state index in [0.717, 1.165) is 6.08 Å². The summed E-state index contributed by atoms with van der Waals surface area (Å²) >= 11 is 0. The van der Waals surface area contributed by atoms with Crippen molar-refractivity contribution >= 4 is 12.0 Å². The summed E-state index contributed by atoms with van der Waals surface area (Å²) in [5, 5.41) is 0. The van der Waals surface area contributed by atoms with Crippen LogP contribution in [0.25, 0.3) is 6.08 Å². The fraction of sp³-hybridized carbons (Fsp3) is 0. The fourth-order valence-corrected chi connectivity index (χ4v) is 0.589. The summed E-state index contributed by atoms with van der Waals surface area (Å²) < 4.78 is 0. The van der Waals surface area contributed by atoms with E-state index in [0.29, 0.717) is 0 Å². The summed E-state index contributed by atoms with van der Waals surface area (Å²) in [6, 6.07) is 10.0. The Bertz CT molecular complexity index is 288. The molecule has 0 radical (unpaired) electrons. The molecule has 0 saturated carbocycles. The van der Waals surface area contributed by atoms with E-state index >= 15 is 0 Å². The Kier molecular flexibility index (Phi) is 11.4. The maximum atomic E-state index is 9.47. The van der Waals surface area contributed by atoms with E-state index in [2.05, 4.69) is 18.9 Å². The second kappa shape index (κ2) is 10.3. The van der Waals surface area contributed by atoms with E-state index < -0.39 is 5.91 Å². The molecule has 0 fully saturated rings. The van der Waals surface area contributed by atoms with Crippen LogP contribution in [0.3, 0.4) is 0 Å². The zero-order valence-electron chi connectivity index (χ0n) is 9.44. The van der Waals surface area contributed by atoms with Crippen LogP contribution in [0.1, 0.15) is 6.99 Å². The minimum atomic E-state index is -0.481. The Morgan fingerprint density at radius 2 is 1.71 bits per heavy atom. The van der Waals surface area contributed by atoms with Crippen molar-refractivity contribution in [3.63, 3.8) is 0 Å². The van der Waals surface area contributed by atoms with Gasteiger partial charge < -0.3 is 7.16 Å². The number of hydrogen-bond acceptors (Lipinski definition) is 1. The first-order valence-corrected chi connectivity index (χ1v) is 3.80. The Hall–Kier alpha value is -0.830. The molecular formula is C11H14NNaO. The molecule has 0 aliphatic heterocycles. The standard InChI is InChI=1S/C8H8.C3H5NO.Na.H/c1-2-8-6-4-3-5-7-8;1-2-3(4)5;;/h2-7H,1H2;2H,1H2,(H2,4,5);;/q;;+1;-1. The van der Waals surface area contributed by atoms with Crippen molar-refractivity contribution in [1.29, 1.82) is 0 Å². The maximum Gasteiger partial charge on any atom is 1.00 e. The number of carbonyl (C=O) groups excluding carboxylic acids is 1. The largest absolute Gasteiger partial charge is 1.00 e. The van der Waals surface area contributed by atoms with Gasteiger partial charge in [0.1, 0.15) is 0 Å². The third-order valence-electron chi connectivity index (χ3n) is 1.24. The van der Waals surface area contributed by atoms with Crippen LogP contribution in [0.5, 0.6) is 0 Å². The number of amides is 1. The van der Waals surface area contributed by atoms with E-state index in [1.54, 1.807) is 0 Å². The van der Waals surface area contributed by atoms with Crippen molar-refractivity contribution in [3.05, 3.63) is 55.1 Å². The van der Waals surface area contributed by atoms with Crippen molar-refractivity contribution in [1.82, 2.24) is 0 Å². The van der Waals surface area contributed by atoms with Gasteiger partial charge in [-0.3, -0.25) is 4.79 Å². The number of nitrogens with two attached hydrogens (primary N) is 1. The zero-order valence-corrected chi connectivity index (χ0v) is 10.4. The molecule has 70 valence electrons. The predicted octanol–water partition coefficient (Wildman–Crippen LogP) is -0.896. The molecule has 0 aliphatic carbocycles. The number of carbonyl (C=O) groups is 1. The van der Waals surface area contributed by atoms with Crippen molar-refractivity contribution in [2.45, 2.75) is 0 Å². The maximum absolute atomic E-state index is 9.47. The molecule has 0 heterocycles. The van der Waals surface area contributed by atoms with Crippen LogP contribution in [0.4, 0.5) is 0 Å². The van der Waals surface area contributed by atoms with Gasteiger partial charge in [0.05, 0.1) is 0 Å². The summed E-state index contributed by atoms with van der Waals surface area (Å²) in [6.07, 6.45) is 2.89. The second-order valence-electron chi connectivity index (χ2n) is 2.22.